The number of aromatic nitrogens is 2. The van der Waals surface area contributed by atoms with E-state index in [1.54, 1.807) is 6.07 Å². The van der Waals surface area contributed by atoms with Crippen LogP contribution in [0.1, 0.15) is 24.5 Å². The lowest BCUT2D eigenvalue weighted by Gasteiger charge is -2.11. The number of hydrogen-bond donors (Lipinski definition) is 1. The lowest BCUT2D eigenvalue weighted by atomic mass is 10.2. The minimum atomic E-state index is -0.381. The molecule has 104 valence electrons. The Morgan fingerprint density at radius 1 is 1.30 bits per heavy atom. The number of hydrogen-bond acceptors (Lipinski definition) is 3. The van der Waals surface area contributed by atoms with E-state index < -0.39 is 0 Å². The Morgan fingerprint density at radius 2 is 2.05 bits per heavy atom. The number of halogens is 3. The van der Waals surface area contributed by atoms with Crippen molar-refractivity contribution in [2.24, 2.45) is 0 Å². The largest absolute Gasteiger partial charge is 0.372 e. The van der Waals surface area contributed by atoms with E-state index in [4.69, 9.17) is 11.6 Å². The molecule has 1 heterocycles. The molecule has 3 nitrogen and oxygen atoms in total. The second kappa shape index (κ2) is 5.44. The van der Waals surface area contributed by atoms with Crippen LogP contribution in [0.15, 0.2) is 18.2 Å². The van der Waals surface area contributed by atoms with Crippen LogP contribution in [0, 0.1) is 9.39 Å². The Morgan fingerprint density at radius 3 is 2.65 bits per heavy atom. The van der Waals surface area contributed by atoms with Crippen LogP contribution in [0.25, 0.3) is 11.4 Å². The lowest BCUT2D eigenvalue weighted by molar-refractivity contribution is 0.628. The van der Waals surface area contributed by atoms with Crippen LogP contribution in [0.3, 0.4) is 0 Å². The van der Waals surface area contributed by atoms with E-state index in [1.165, 1.54) is 12.1 Å². The summed E-state index contributed by atoms with van der Waals surface area (Å²) in [4.78, 5) is 9.07. The highest BCUT2D eigenvalue weighted by molar-refractivity contribution is 14.1. The summed E-state index contributed by atoms with van der Waals surface area (Å²) in [5.41, 5.74) is 1.64. The van der Waals surface area contributed by atoms with E-state index in [0.29, 0.717) is 22.3 Å². The SMILES string of the molecule is CNc1nc(-c2cc(F)cc(Cl)c2)nc(C2CC2)c1I. The van der Waals surface area contributed by atoms with Gasteiger partial charge in [0.25, 0.3) is 0 Å². The summed E-state index contributed by atoms with van der Waals surface area (Å²) in [6.45, 7) is 0. The van der Waals surface area contributed by atoms with E-state index >= 15 is 0 Å². The number of anilines is 1. The van der Waals surface area contributed by atoms with Gasteiger partial charge in [0.2, 0.25) is 0 Å². The highest BCUT2D eigenvalue weighted by Gasteiger charge is 2.29. The third-order valence-electron chi connectivity index (χ3n) is 3.20. The number of benzene rings is 1. The fourth-order valence-electron chi connectivity index (χ4n) is 2.07. The van der Waals surface area contributed by atoms with E-state index in [-0.39, 0.29) is 5.82 Å². The summed E-state index contributed by atoms with van der Waals surface area (Å²) in [5, 5.41) is 3.42. The molecule has 1 fully saturated rings. The summed E-state index contributed by atoms with van der Waals surface area (Å²) in [7, 11) is 1.82. The van der Waals surface area contributed by atoms with Gasteiger partial charge in [0, 0.05) is 23.6 Å². The maximum Gasteiger partial charge on any atom is 0.162 e. The highest BCUT2D eigenvalue weighted by Crippen LogP contribution is 2.43. The maximum atomic E-state index is 13.5. The summed E-state index contributed by atoms with van der Waals surface area (Å²) in [6, 6.07) is 4.37. The molecule has 0 aliphatic heterocycles. The molecule has 0 bridgehead atoms. The van der Waals surface area contributed by atoms with Crippen LogP contribution in [0.5, 0.6) is 0 Å². The normalized spacial score (nSPS) is 14.4. The maximum absolute atomic E-state index is 13.5. The first-order valence-electron chi connectivity index (χ1n) is 6.30. The molecule has 3 rings (SSSR count). The number of rotatable bonds is 3. The molecule has 0 radical (unpaired) electrons. The Hall–Kier alpha value is -0.950. The average Bonchev–Trinajstić information content (AvgIpc) is 3.22. The zero-order chi connectivity index (χ0) is 14.3. The van der Waals surface area contributed by atoms with Crippen molar-refractivity contribution in [2.45, 2.75) is 18.8 Å². The van der Waals surface area contributed by atoms with Gasteiger partial charge in [0.05, 0.1) is 9.26 Å². The number of nitrogens with zero attached hydrogens (tertiary/aromatic N) is 2. The number of nitrogens with one attached hydrogen (secondary N) is 1. The Kier molecular flexibility index (Phi) is 3.81. The zero-order valence-electron chi connectivity index (χ0n) is 10.8. The topological polar surface area (TPSA) is 37.8 Å². The second-order valence-corrected chi connectivity index (χ2v) is 6.29. The Balaban J connectivity index is 2.15. The molecule has 2 aromatic rings. The van der Waals surface area contributed by atoms with Crippen molar-refractivity contribution in [3.05, 3.63) is 38.3 Å². The molecule has 1 aromatic carbocycles. The van der Waals surface area contributed by atoms with Gasteiger partial charge in [-0.3, -0.25) is 0 Å². The van der Waals surface area contributed by atoms with E-state index in [0.717, 1.165) is 27.9 Å². The van der Waals surface area contributed by atoms with Gasteiger partial charge < -0.3 is 5.32 Å². The molecular weight excluding hydrogens is 392 g/mol. The third-order valence-corrected chi connectivity index (χ3v) is 4.48. The fraction of sp³-hybridized carbons (Fsp3) is 0.286. The monoisotopic (exact) mass is 403 g/mol. The van der Waals surface area contributed by atoms with E-state index in [9.17, 15) is 4.39 Å². The summed E-state index contributed by atoms with van der Waals surface area (Å²) < 4.78 is 14.5. The van der Waals surface area contributed by atoms with Crippen LogP contribution in [-0.4, -0.2) is 17.0 Å². The molecule has 6 heteroatoms. The van der Waals surface area contributed by atoms with Gasteiger partial charge in [-0.2, -0.15) is 0 Å². The van der Waals surface area contributed by atoms with Gasteiger partial charge in [-0.1, -0.05) is 11.6 Å². The second-order valence-electron chi connectivity index (χ2n) is 4.78. The first kappa shape index (κ1) is 14.0. The molecule has 1 N–H and O–H groups in total. The molecular formula is C14H12ClFIN3. The summed E-state index contributed by atoms with van der Waals surface area (Å²) in [5.74, 6) is 1.41. The summed E-state index contributed by atoms with van der Waals surface area (Å²) in [6.07, 6.45) is 2.30. The molecule has 0 unspecified atom stereocenters. The molecule has 0 saturated heterocycles. The molecule has 0 atom stereocenters. The average molecular weight is 404 g/mol. The highest BCUT2D eigenvalue weighted by atomic mass is 127. The standard InChI is InChI=1S/C14H12ClFIN3/c1-18-14-11(17)12(7-2-3-7)19-13(20-14)8-4-9(15)6-10(16)5-8/h4-7H,2-3H2,1H3,(H,18,19,20). The lowest BCUT2D eigenvalue weighted by Crippen LogP contribution is -2.04. The van der Waals surface area contributed by atoms with Crippen LogP contribution >= 0.6 is 34.2 Å². The van der Waals surface area contributed by atoms with Crippen molar-refractivity contribution < 1.29 is 4.39 Å². The zero-order valence-corrected chi connectivity index (χ0v) is 13.7. The van der Waals surface area contributed by atoms with Gasteiger partial charge in [-0.05, 0) is 53.6 Å². The van der Waals surface area contributed by atoms with Crippen LogP contribution < -0.4 is 5.32 Å². The molecule has 1 aliphatic carbocycles. The molecule has 1 aromatic heterocycles. The fourth-order valence-corrected chi connectivity index (χ4v) is 3.24. The van der Waals surface area contributed by atoms with Crippen LogP contribution in [0.4, 0.5) is 10.2 Å². The first-order valence-corrected chi connectivity index (χ1v) is 7.76. The van der Waals surface area contributed by atoms with Crippen molar-refractivity contribution in [1.82, 2.24) is 9.97 Å². The smallest absolute Gasteiger partial charge is 0.162 e. The van der Waals surface area contributed by atoms with Crippen LogP contribution in [0.2, 0.25) is 5.02 Å². The molecule has 0 spiro atoms. The van der Waals surface area contributed by atoms with Crippen molar-refractivity contribution in [3.63, 3.8) is 0 Å². The predicted octanol–water partition coefficient (Wildman–Crippen LogP) is 4.46. The first-order chi connectivity index (χ1) is 9.58. The molecule has 1 aliphatic rings. The van der Waals surface area contributed by atoms with Gasteiger partial charge in [0.15, 0.2) is 5.82 Å². The molecule has 20 heavy (non-hydrogen) atoms. The Bertz CT molecular complexity index is 653. The van der Waals surface area contributed by atoms with Crippen molar-refractivity contribution in [2.75, 3.05) is 12.4 Å². The Labute approximate surface area is 135 Å². The van der Waals surface area contributed by atoms with Crippen molar-refractivity contribution >= 4 is 40.0 Å². The molecule has 0 amide bonds. The third kappa shape index (κ3) is 2.74. The van der Waals surface area contributed by atoms with Crippen molar-refractivity contribution in [1.29, 1.82) is 0 Å². The quantitative estimate of drug-likeness (QED) is 0.769. The van der Waals surface area contributed by atoms with E-state index in [2.05, 4.69) is 37.9 Å². The van der Waals surface area contributed by atoms with Crippen LogP contribution in [-0.2, 0) is 0 Å². The minimum Gasteiger partial charge on any atom is -0.372 e. The van der Waals surface area contributed by atoms with Gasteiger partial charge in [-0.25, -0.2) is 14.4 Å². The van der Waals surface area contributed by atoms with Gasteiger partial charge >= 0.3 is 0 Å². The van der Waals surface area contributed by atoms with Crippen molar-refractivity contribution in [3.8, 4) is 11.4 Å². The van der Waals surface area contributed by atoms with Gasteiger partial charge in [0.1, 0.15) is 11.6 Å². The van der Waals surface area contributed by atoms with E-state index in [1.807, 2.05) is 7.05 Å². The summed E-state index contributed by atoms with van der Waals surface area (Å²) >= 11 is 8.16. The predicted molar refractivity (Wildman–Crippen MR) is 86.7 cm³/mol. The molecule has 1 saturated carbocycles. The van der Waals surface area contributed by atoms with Gasteiger partial charge in [-0.15, -0.1) is 0 Å². The minimum absolute atomic E-state index is 0.348.